The number of pyridine rings is 2. The van der Waals surface area contributed by atoms with E-state index in [9.17, 15) is 35.9 Å². The van der Waals surface area contributed by atoms with Gasteiger partial charge in [-0.25, -0.2) is 41.1 Å². The Labute approximate surface area is 520 Å². The number of hydrogen-bond donors (Lipinski definition) is 1. The second kappa shape index (κ2) is 34.7. The van der Waals surface area contributed by atoms with Crippen LogP contribution < -0.4 is 19.9 Å². The van der Waals surface area contributed by atoms with E-state index in [1.807, 2.05) is 13.8 Å². The van der Waals surface area contributed by atoms with Crippen molar-refractivity contribution in [3.63, 3.8) is 0 Å². The Morgan fingerprint density at radius 2 is 1.15 bits per heavy atom. The molecule has 2 saturated carbocycles. The van der Waals surface area contributed by atoms with Crippen LogP contribution in [0, 0.1) is 17.8 Å². The minimum Gasteiger partial charge on any atom is -0.470 e. The molecule has 6 aromatic rings. The first-order valence-electron chi connectivity index (χ1n) is 29.1. The number of aromatic nitrogens is 4. The Kier molecular flexibility index (Phi) is 27.7. The van der Waals surface area contributed by atoms with Crippen molar-refractivity contribution in [3.05, 3.63) is 143 Å². The third kappa shape index (κ3) is 21.2. The predicted molar refractivity (Wildman–Crippen MR) is 327 cm³/mol. The van der Waals surface area contributed by atoms with Gasteiger partial charge in [0.1, 0.15) is 17.1 Å². The number of rotatable bonds is 18. The van der Waals surface area contributed by atoms with Gasteiger partial charge in [-0.15, -0.1) is 0 Å². The summed E-state index contributed by atoms with van der Waals surface area (Å²) in [6.45, 7) is 12.2. The number of ketones is 1. The summed E-state index contributed by atoms with van der Waals surface area (Å²) >= 11 is 17.9. The molecule has 0 atom stereocenters. The van der Waals surface area contributed by atoms with E-state index in [1.54, 1.807) is 46.9 Å². The summed E-state index contributed by atoms with van der Waals surface area (Å²) in [5, 5.41) is 2.14. The number of carbonyl (C=O) groups excluding carboxylic acids is 2. The third-order valence-electron chi connectivity index (χ3n) is 15.6. The molecule has 2 aliphatic heterocycles. The van der Waals surface area contributed by atoms with Gasteiger partial charge in [-0.05, 0) is 167 Å². The zero-order valence-electron chi connectivity index (χ0n) is 47.8. The van der Waals surface area contributed by atoms with Crippen LogP contribution in [-0.2, 0) is 25.7 Å². The molecule has 0 amide bonds. The van der Waals surface area contributed by atoms with Crippen LogP contribution >= 0.6 is 61.8 Å². The lowest BCUT2D eigenvalue weighted by atomic mass is 9.78. The minimum atomic E-state index is -2.88. The minimum absolute atomic E-state index is 0.0325. The SMILES string of the molecule is CCOc1nc2c(s1)CCN(CCC1CCC(CC(=O)c3ccccc3C(F)F)CC1)CC2.CCOc1nc2c(s1)CCN(CCC1CCC(N)CC1)CC2.FC(F)c1ncccc1Br.O=C(Oc1ccc(Cl)cc1Cl)c1cccnc1C(F)F. The van der Waals surface area contributed by atoms with Gasteiger partial charge >= 0.3 is 5.97 Å². The fourth-order valence-electron chi connectivity index (χ4n) is 10.9. The van der Waals surface area contributed by atoms with Crippen LogP contribution in [0.25, 0.3) is 0 Å². The lowest BCUT2D eigenvalue weighted by Crippen LogP contribution is -2.31. The fourth-order valence-corrected chi connectivity index (χ4v) is 13.7. The van der Waals surface area contributed by atoms with Gasteiger partial charge in [-0.2, -0.15) is 0 Å². The number of halogens is 9. The summed E-state index contributed by atoms with van der Waals surface area (Å²) in [6.07, 6.45) is 11.2. The highest BCUT2D eigenvalue weighted by Crippen LogP contribution is 2.37. The first-order valence-corrected chi connectivity index (χ1v) is 32.3. The quantitative estimate of drug-likeness (QED) is 0.0378. The Bertz CT molecular complexity index is 2990. The Balaban J connectivity index is 0.000000174. The lowest BCUT2D eigenvalue weighted by molar-refractivity contribution is 0.0719. The van der Waals surface area contributed by atoms with Crippen LogP contribution in [0.1, 0.15) is 163 Å². The number of fused-ring (bicyclic) bond motifs is 2. The highest BCUT2D eigenvalue weighted by molar-refractivity contribution is 9.10. The van der Waals surface area contributed by atoms with E-state index in [1.165, 1.54) is 128 Å². The highest BCUT2D eigenvalue weighted by Gasteiger charge is 2.28. The number of nitrogens with two attached hydrogens (primary N) is 1. The van der Waals surface area contributed by atoms with Gasteiger partial charge in [0.05, 0.1) is 35.2 Å². The molecule has 0 unspecified atom stereocenters. The molecule has 0 bridgehead atoms. The Morgan fingerprint density at radius 3 is 1.67 bits per heavy atom. The summed E-state index contributed by atoms with van der Waals surface area (Å²) in [5.74, 6) is 0.860. The smallest absolute Gasteiger partial charge is 0.345 e. The van der Waals surface area contributed by atoms with Crippen molar-refractivity contribution >= 4 is 73.6 Å². The molecule has 2 N–H and O–H groups in total. The number of carbonyl (C=O) groups is 2. The summed E-state index contributed by atoms with van der Waals surface area (Å²) in [5.41, 5.74) is 7.41. The molecule has 2 aromatic carbocycles. The molecule has 2 fully saturated rings. The molecule has 6 heterocycles. The number of alkyl halides is 6. The average molecular weight is 1330 g/mol. The number of esters is 1. The van der Waals surface area contributed by atoms with E-state index in [2.05, 4.69) is 45.7 Å². The molecular formula is C62H74BrCl2F6N7O5S2. The van der Waals surface area contributed by atoms with Gasteiger partial charge in [-0.3, -0.25) is 14.8 Å². The Morgan fingerprint density at radius 1 is 0.647 bits per heavy atom. The molecule has 0 saturated heterocycles. The van der Waals surface area contributed by atoms with Crippen LogP contribution in [0.15, 0.2) is 83.6 Å². The van der Waals surface area contributed by atoms with Crippen LogP contribution in [0.4, 0.5) is 26.3 Å². The van der Waals surface area contributed by atoms with Crippen molar-refractivity contribution in [2.24, 2.45) is 23.5 Å². The van der Waals surface area contributed by atoms with E-state index in [-0.39, 0.29) is 38.9 Å². The summed E-state index contributed by atoms with van der Waals surface area (Å²) in [4.78, 5) is 48.8. The standard InChI is InChI=1S/C26H34F2N2O2S.C17H29N3OS.C13H7Cl2F2NO2.C6H4BrF2N/c1-2-32-26-29-22-12-15-30(16-13-24(22)33-26)14-11-18-7-9-19(10-8-18)17-23(31)20-5-3-4-6-21(20)25(27)28;1-2-21-17-19-15-8-11-20(12-9-16(15)22-17)10-7-13-3-5-14(18)6-4-13;14-7-3-4-10(9(15)6-7)20-13(19)8-2-1-5-18-11(8)12(16)17;7-4-2-1-3-10-5(4)6(8)9/h3-6,18-19,25H,2,7-17H2,1H3;13-14H,2-12,18H2,1H3;1-6,12H;1-3,6H. The number of nitrogens with zero attached hydrogens (tertiary/aromatic N) is 6. The molecule has 4 aromatic heterocycles. The van der Waals surface area contributed by atoms with Crippen molar-refractivity contribution in [2.45, 2.75) is 135 Å². The van der Waals surface area contributed by atoms with Crippen LogP contribution in [0.5, 0.6) is 16.1 Å². The van der Waals surface area contributed by atoms with E-state index >= 15 is 0 Å². The maximum Gasteiger partial charge on any atom is 0.345 e. The third-order valence-corrected chi connectivity index (χ3v) is 18.9. The van der Waals surface area contributed by atoms with Crippen LogP contribution in [-0.4, -0.2) is 100 Å². The number of ether oxygens (including phenoxy) is 3. The van der Waals surface area contributed by atoms with Gasteiger partial charge in [-0.1, -0.05) is 83.0 Å². The van der Waals surface area contributed by atoms with E-state index in [0.717, 1.165) is 93.9 Å². The topological polar surface area (TPSA) is 146 Å². The van der Waals surface area contributed by atoms with Crippen molar-refractivity contribution in [1.29, 1.82) is 0 Å². The van der Waals surface area contributed by atoms with Gasteiger partial charge in [0.25, 0.3) is 29.7 Å². The predicted octanol–water partition coefficient (Wildman–Crippen LogP) is 16.5. The average Bonchev–Trinajstić information content (AvgIpc) is 4.23. The lowest BCUT2D eigenvalue weighted by Gasteiger charge is -2.30. The first-order chi connectivity index (χ1) is 41.0. The molecule has 85 heavy (non-hydrogen) atoms. The fraction of sp³-hybridized carbons (Fsp3) is 0.516. The summed E-state index contributed by atoms with van der Waals surface area (Å²) in [7, 11) is 0. The van der Waals surface area contributed by atoms with Gasteiger partial charge in [0, 0.05) is 94.3 Å². The van der Waals surface area contributed by atoms with Gasteiger partial charge in [0.2, 0.25) is 0 Å². The molecule has 12 nitrogen and oxygen atoms in total. The molecule has 2 aliphatic carbocycles. The molecular weight excluding hydrogens is 1250 g/mol. The van der Waals surface area contributed by atoms with E-state index < -0.39 is 30.9 Å². The maximum atomic E-state index is 13.2. The largest absolute Gasteiger partial charge is 0.470 e. The van der Waals surface area contributed by atoms with E-state index in [4.69, 9.17) is 43.1 Å². The number of benzene rings is 2. The molecule has 0 spiro atoms. The first kappa shape index (κ1) is 67.8. The Hall–Kier alpha value is -4.74. The zero-order chi connectivity index (χ0) is 60.8. The van der Waals surface area contributed by atoms with Crippen molar-refractivity contribution < 1.29 is 50.1 Å². The van der Waals surface area contributed by atoms with E-state index in [0.29, 0.717) is 47.0 Å². The van der Waals surface area contributed by atoms with Crippen molar-refractivity contribution in [1.82, 2.24) is 29.7 Å². The normalized spacial score (nSPS) is 19.0. The molecule has 0 radical (unpaired) electrons. The molecule has 23 heteroatoms. The second-order valence-corrected chi connectivity index (χ2v) is 25.2. The van der Waals surface area contributed by atoms with Gasteiger partial charge < -0.3 is 29.7 Å². The molecule has 4 aliphatic rings. The van der Waals surface area contributed by atoms with Gasteiger partial charge in [0.15, 0.2) is 5.78 Å². The van der Waals surface area contributed by atoms with Crippen LogP contribution in [0.3, 0.4) is 0 Å². The van der Waals surface area contributed by atoms with Crippen molar-refractivity contribution in [2.75, 3.05) is 52.5 Å². The summed E-state index contributed by atoms with van der Waals surface area (Å²) < 4.78 is 92.2. The number of hydrogen-bond acceptors (Lipinski definition) is 14. The van der Waals surface area contributed by atoms with Crippen LogP contribution in [0.2, 0.25) is 10.0 Å². The highest BCUT2D eigenvalue weighted by atomic mass is 79.9. The molecule has 462 valence electrons. The van der Waals surface area contributed by atoms with Crippen molar-refractivity contribution in [3.8, 4) is 16.1 Å². The maximum absolute atomic E-state index is 13.2. The number of thiazole rings is 2. The number of Topliss-reactive ketones (excluding diaryl/α,β-unsaturated/α-hetero) is 1. The molecule has 10 rings (SSSR count). The zero-order valence-corrected chi connectivity index (χ0v) is 52.6. The summed E-state index contributed by atoms with van der Waals surface area (Å²) in [6, 6.07) is 16.5. The monoisotopic (exact) mass is 1320 g/mol. The second-order valence-electron chi connectivity index (χ2n) is 21.4.